The molecule has 1 fully saturated rings. The summed E-state index contributed by atoms with van der Waals surface area (Å²) in [6.07, 6.45) is 1.66. The van der Waals surface area contributed by atoms with Crippen LogP contribution in [-0.4, -0.2) is 51.8 Å². The number of aryl methyl sites for hydroxylation is 1. The zero-order valence-corrected chi connectivity index (χ0v) is 20.0. The lowest BCUT2D eigenvalue weighted by Crippen LogP contribution is -2.42. The van der Waals surface area contributed by atoms with E-state index in [1.54, 1.807) is 32.1 Å². The molecule has 2 aromatic rings. The first kappa shape index (κ1) is 24.3. The number of amides is 2. The number of nitrogens with zero attached hydrogens (tertiary/aromatic N) is 2. The number of hydrogen-bond donors (Lipinski definition) is 0. The van der Waals surface area contributed by atoms with E-state index < -0.39 is 23.2 Å². The zero-order valence-electron chi connectivity index (χ0n) is 19.2. The highest BCUT2D eigenvalue weighted by atomic mass is 32.2. The normalized spacial score (nSPS) is 15.8. The molecule has 1 aliphatic heterocycles. The zero-order chi connectivity index (χ0) is 24.3. The molecule has 33 heavy (non-hydrogen) atoms. The Kier molecular flexibility index (Phi) is 7.43. The summed E-state index contributed by atoms with van der Waals surface area (Å²) in [5.41, 5.74) is 3.87. The standard InChI is InChI=1S/C24H26N2O6S/c1-6-31-22(28)16(5)26-21(27)20(33-24(26)30)13-18-12-14(3)25(15(18)4)19-10-8-17(9-11-19)23(29)32-7-2/h8-13,16H,6-7H2,1-5H3/b20-13+. The predicted molar refractivity (Wildman–Crippen MR) is 125 cm³/mol. The fraction of sp³-hybridized carbons (Fsp3) is 0.333. The Balaban J connectivity index is 1.88. The Labute approximate surface area is 196 Å². The number of thioether (sulfide) groups is 1. The van der Waals surface area contributed by atoms with Gasteiger partial charge in [-0.2, -0.15) is 0 Å². The molecule has 0 spiro atoms. The van der Waals surface area contributed by atoms with E-state index >= 15 is 0 Å². The smallest absolute Gasteiger partial charge is 0.338 e. The molecule has 0 N–H and O–H groups in total. The second kappa shape index (κ2) is 10.1. The van der Waals surface area contributed by atoms with Gasteiger partial charge >= 0.3 is 11.9 Å². The monoisotopic (exact) mass is 470 g/mol. The number of esters is 2. The molecule has 9 heteroatoms. The lowest BCUT2D eigenvalue weighted by atomic mass is 10.2. The molecular formula is C24H26N2O6S. The van der Waals surface area contributed by atoms with Crippen LogP contribution in [0.4, 0.5) is 4.79 Å². The molecular weight excluding hydrogens is 444 g/mol. The Morgan fingerprint density at radius 1 is 1.06 bits per heavy atom. The maximum absolute atomic E-state index is 12.9. The summed E-state index contributed by atoms with van der Waals surface area (Å²) in [6, 6.07) is 7.98. The fourth-order valence-electron chi connectivity index (χ4n) is 3.62. The van der Waals surface area contributed by atoms with E-state index in [4.69, 9.17) is 9.47 Å². The van der Waals surface area contributed by atoms with Crippen molar-refractivity contribution in [3.63, 3.8) is 0 Å². The number of carbonyl (C=O) groups is 4. The molecule has 174 valence electrons. The summed E-state index contributed by atoms with van der Waals surface area (Å²) in [5.74, 6) is -1.52. The van der Waals surface area contributed by atoms with Gasteiger partial charge in [0.2, 0.25) is 0 Å². The van der Waals surface area contributed by atoms with Crippen LogP contribution in [0.25, 0.3) is 11.8 Å². The summed E-state index contributed by atoms with van der Waals surface area (Å²) in [5, 5.41) is -0.504. The van der Waals surface area contributed by atoms with Gasteiger partial charge in [0.15, 0.2) is 0 Å². The molecule has 0 aliphatic carbocycles. The number of aromatic nitrogens is 1. The lowest BCUT2D eigenvalue weighted by Gasteiger charge is -2.19. The highest BCUT2D eigenvalue weighted by Crippen LogP contribution is 2.35. The van der Waals surface area contributed by atoms with Crippen LogP contribution in [0.15, 0.2) is 35.2 Å². The van der Waals surface area contributed by atoms with E-state index in [2.05, 4.69) is 0 Å². The molecule has 0 bridgehead atoms. The first-order valence-corrected chi connectivity index (χ1v) is 11.4. The Morgan fingerprint density at radius 2 is 1.70 bits per heavy atom. The van der Waals surface area contributed by atoms with Crippen LogP contribution in [0.2, 0.25) is 0 Å². The van der Waals surface area contributed by atoms with Gasteiger partial charge in [0.25, 0.3) is 11.1 Å². The number of benzene rings is 1. The Hall–Kier alpha value is -3.33. The number of rotatable bonds is 7. The summed E-state index contributed by atoms with van der Waals surface area (Å²) in [7, 11) is 0. The molecule has 1 aliphatic rings. The van der Waals surface area contributed by atoms with E-state index in [0.29, 0.717) is 12.2 Å². The topological polar surface area (TPSA) is 94.9 Å². The molecule has 3 rings (SSSR count). The van der Waals surface area contributed by atoms with Crippen LogP contribution >= 0.6 is 11.8 Å². The molecule has 0 saturated carbocycles. The second-order valence-electron chi connectivity index (χ2n) is 7.41. The quantitative estimate of drug-likeness (QED) is 0.441. The number of carbonyl (C=O) groups excluding carboxylic acids is 4. The molecule has 1 aromatic carbocycles. The molecule has 1 aromatic heterocycles. The van der Waals surface area contributed by atoms with Crippen molar-refractivity contribution >= 4 is 40.9 Å². The van der Waals surface area contributed by atoms with Crippen LogP contribution in [0.5, 0.6) is 0 Å². The van der Waals surface area contributed by atoms with Crippen molar-refractivity contribution in [2.75, 3.05) is 13.2 Å². The average molecular weight is 471 g/mol. The maximum Gasteiger partial charge on any atom is 0.338 e. The maximum atomic E-state index is 12.9. The van der Waals surface area contributed by atoms with Gasteiger partial charge in [0.1, 0.15) is 6.04 Å². The number of imide groups is 1. The minimum Gasteiger partial charge on any atom is -0.464 e. The highest BCUT2D eigenvalue weighted by molar-refractivity contribution is 8.18. The summed E-state index contributed by atoms with van der Waals surface area (Å²) in [4.78, 5) is 50.4. The summed E-state index contributed by atoms with van der Waals surface area (Å²) >= 11 is 0.800. The first-order valence-electron chi connectivity index (χ1n) is 10.6. The molecule has 8 nitrogen and oxygen atoms in total. The fourth-order valence-corrected chi connectivity index (χ4v) is 4.51. The minimum absolute atomic E-state index is 0.169. The second-order valence-corrected chi connectivity index (χ2v) is 8.40. The van der Waals surface area contributed by atoms with Crippen LogP contribution in [0.3, 0.4) is 0 Å². The van der Waals surface area contributed by atoms with Gasteiger partial charge in [0, 0.05) is 17.1 Å². The largest absolute Gasteiger partial charge is 0.464 e. The number of hydrogen-bond acceptors (Lipinski definition) is 7. The highest BCUT2D eigenvalue weighted by Gasteiger charge is 2.41. The molecule has 2 heterocycles. The average Bonchev–Trinajstić information content (AvgIpc) is 3.22. The van der Waals surface area contributed by atoms with E-state index in [0.717, 1.165) is 39.3 Å². The summed E-state index contributed by atoms with van der Waals surface area (Å²) in [6.45, 7) is 9.21. The van der Waals surface area contributed by atoms with Gasteiger partial charge < -0.3 is 14.0 Å². The molecule has 1 atom stereocenters. The van der Waals surface area contributed by atoms with Crippen molar-refractivity contribution in [3.8, 4) is 5.69 Å². The van der Waals surface area contributed by atoms with E-state index in [1.807, 2.05) is 36.6 Å². The van der Waals surface area contributed by atoms with Crippen molar-refractivity contribution in [2.24, 2.45) is 0 Å². The van der Waals surface area contributed by atoms with Gasteiger partial charge in [-0.05, 0) is 88.4 Å². The van der Waals surface area contributed by atoms with Crippen molar-refractivity contribution in [1.29, 1.82) is 0 Å². The van der Waals surface area contributed by atoms with Gasteiger partial charge in [0.05, 0.1) is 23.7 Å². The van der Waals surface area contributed by atoms with E-state index in [1.165, 1.54) is 6.92 Å². The third kappa shape index (κ3) is 4.88. The Morgan fingerprint density at radius 3 is 2.30 bits per heavy atom. The SMILES string of the molecule is CCOC(=O)c1ccc(-n2c(C)cc(/C=C3/SC(=O)N(C(C)C(=O)OCC)C3=O)c2C)cc1. The predicted octanol–water partition coefficient (Wildman–Crippen LogP) is 4.26. The third-order valence-electron chi connectivity index (χ3n) is 5.23. The van der Waals surface area contributed by atoms with Crippen LogP contribution in [0, 0.1) is 13.8 Å². The van der Waals surface area contributed by atoms with Crippen LogP contribution in [0.1, 0.15) is 48.1 Å². The lowest BCUT2D eigenvalue weighted by molar-refractivity contribution is -0.150. The molecule has 1 unspecified atom stereocenters. The van der Waals surface area contributed by atoms with Gasteiger partial charge in [-0.15, -0.1) is 0 Å². The van der Waals surface area contributed by atoms with Crippen LogP contribution in [-0.2, 0) is 19.1 Å². The van der Waals surface area contributed by atoms with Gasteiger partial charge in [-0.25, -0.2) is 9.59 Å². The van der Waals surface area contributed by atoms with Crippen LogP contribution < -0.4 is 0 Å². The van der Waals surface area contributed by atoms with Crippen molar-refractivity contribution in [3.05, 3.63) is 57.8 Å². The Bertz CT molecular complexity index is 1130. The minimum atomic E-state index is -0.992. The van der Waals surface area contributed by atoms with Gasteiger partial charge in [-0.1, -0.05) is 0 Å². The third-order valence-corrected chi connectivity index (χ3v) is 6.12. The molecule has 2 amide bonds. The van der Waals surface area contributed by atoms with Crippen molar-refractivity contribution < 1.29 is 28.7 Å². The molecule has 1 saturated heterocycles. The van der Waals surface area contributed by atoms with E-state index in [9.17, 15) is 19.2 Å². The first-order chi connectivity index (χ1) is 15.7. The van der Waals surface area contributed by atoms with Crippen molar-refractivity contribution in [2.45, 2.75) is 40.7 Å². The molecule has 0 radical (unpaired) electrons. The number of ether oxygens (including phenoxy) is 2. The van der Waals surface area contributed by atoms with E-state index in [-0.39, 0.29) is 17.5 Å². The summed E-state index contributed by atoms with van der Waals surface area (Å²) < 4.78 is 12.0. The van der Waals surface area contributed by atoms with Crippen molar-refractivity contribution in [1.82, 2.24) is 9.47 Å². The van der Waals surface area contributed by atoms with Gasteiger partial charge in [-0.3, -0.25) is 14.5 Å².